The lowest BCUT2D eigenvalue weighted by molar-refractivity contribution is 0.390. The molecule has 1 aromatic carbocycles. The molecule has 2 aliphatic rings. The summed E-state index contributed by atoms with van der Waals surface area (Å²) < 4.78 is 6.54. The van der Waals surface area contributed by atoms with Crippen LogP contribution in [0.2, 0.25) is 0 Å². The summed E-state index contributed by atoms with van der Waals surface area (Å²) in [7, 11) is 1.74. The van der Waals surface area contributed by atoms with Crippen molar-refractivity contribution in [1.82, 2.24) is 5.32 Å². The number of rotatable bonds is 6. The van der Waals surface area contributed by atoms with E-state index >= 15 is 0 Å². The highest BCUT2D eigenvalue weighted by atomic mass is 79.9. The van der Waals surface area contributed by atoms with E-state index in [2.05, 4.69) is 27.3 Å². The average Bonchev–Trinajstić information content (AvgIpc) is 3.24. The predicted molar refractivity (Wildman–Crippen MR) is 76.8 cm³/mol. The molecule has 0 atom stereocenters. The molecule has 1 N–H and O–H groups in total. The van der Waals surface area contributed by atoms with Crippen molar-refractivity contribution in [3.05, 3.63) is 28.2 Å². The maximum Gasteiger partial charge on any atom is 0.123 e. The van der Waals surface area contributed by atoms with Crippen molar-refractivity contribution < 1.29 is 4.74 Å². The normalized spacial score (nSPS) is 19.3. The predicted octanol–water partition coefficient (Wildman–Crippen LogP) is 3.74. The van der Waals surface area contributed by atoms with Crippen LogP contribution < -0.4 is 10.1 Å². The smallest absolute Gasteiger partial charge is 0.123 e. The molecule has 1 aromatic rings. The van der Waals surface area contributed by atoms with Gasteiger partial charge in [0.05, 0.1) is 7.11 Å². The van der Waals surface area contributed by atoms with Crippen molar-refractivity contribution in [3.63, 3.8) is 0 Å². The first-order valence-electron chi connectivity index (χ1n) is 6.83. The van der Waals surface area contributed by atoms with Gasteiger partial charge in [-0.1, -0.05) is 15.9 Å². The fourth-order valence-electron chi connectivity index (χ4n) is 2.74. The van der Waals surface area contributed by atoms with Gasteiger partial charge < -0.3 is 10.1 Å². The van der Waals surface area contributed by atoms with E-state index in [4.69, 9.17) is 4.74 Å². The van der Waals surface area contributed by atoms with Crippen LogP contribution in [0.1, 0.15) is 31.2 Å². The molecule has 0 spiro atoms. The van der Waals surface area contributed by atoms with E-state index in [-0.39, 0.29) is 0 Å². The standard InChI is InChI=1S/C15H20BrNO/c1-18-14-7-6-13(16)8-12(14)9-17-15(10-2-3-10)11-4-5-11/h6-8,10-11,15,17H,2-5,9H2,1H3. The second-order valence-corrected chi connectivity index (χ2v) is 6.45. The molecule has 2 nitrogen and oxygen atoms in total. The summed E-state index contributed by atoms with van der Waals surface area (Å²) in [5, 5.41) is 3.76. The Balaban J connectivity index is 1.65. The highest BCUT2D eigenvalue weighted by Gasteiger charge is 2.40. The second kappa shape index (κ2) is 5.22. The monoisotopic (exact) mass is 309 g/mol. The topological polar surface area (TPSA) is 21.3 Å². The number of methoxy groups -OCH3 is 1. The third-order valence-electron chi connectivity index (χ3n) is 4.03. The lowest BCUT2D eigenvalue weighted by atomic mass is 10.1. The van der Waals surface area contributed by atoms with Crippen LogP contribution in [0.25, 0.3) is 0 Å². The van der Waals surface area contributed by atoms with Crippen LogP contribution in [-0.2, 0) is 6.54 Å². The van der Waals surface area contributed by atoms with Crippen LogP contribution >= 0.6 is 15.9 Å². The molecule has 2 fully saturated rings. The Morgan fingerprint density at radius 1 is 1.28 bits per heavy atom. The third-order valence-corrected chi connectivity index (χ3v) is 4.52. The fraction of sp³-hybridized carbons (Fsp3) is 0.600. The quantitative estimate of drug-likeness (QED) is 0.864. The molecule has 3 heteroatoms. The molecular formula is C15H20BrNO. The summed E-state index contributed by atoms with van der Waals surface area (Å²) in [5.74, 6) is 2.86. The fourth-order valence-corrected chi connectivity index (χ4v) is 3.15. The molecule has 0 unspecified atom stereocenters. The molecule has 0 aromatic heterocycles. The Labute approximate surface area is 117 Å². The molecule has 0 heterocycles. The van der Waals surface area contributed by atoms with Gasteiger partial charge in [0, 0.05) is 22.6 Å². The molecule has 0 amide bonds. The molecular weight excluding hydrogens is 290 g/mol. The molecule has 98 valence electrons. The number of hydrogen-bond acceptors (Lipinski definition) is 2. The molecule has 0 radical (unpaired) electrons. The van der Waals surface area contributed by atoms with Crippen LogP contribution in [0, 0.1) is 11.8 Å². The number of nitrogens with one attached hydrogen (secondary N) is 1. The van der Waals surface area contributed by atoms with Crippen molar-refractivity contribution in [1.29, 1.82) is 0 Å². The molecule has 2 saturated carbocycles. The van der Waals surface area contributed by atoms with Crippen LogP contribution in [0.4, 0.5) is 0 Å². The molecule has 0 bridgehead atoms. The van der Waals surface area contributed by atoms with Crippen LogP contribution in [-0.4, -0.2) is 13.2 Å². The van der Waals surface area contributed by atoms with Gasteiger partial charge in [-0.05, 0) is 55.7 Å². The minimum Gasteiger partial charge on any atom is -0.496 e. The minimum atomic E-state index is 0.744. The van der Waals surface area contributed by atoms with Crippen molar-refractivity contribution >= 4 is 15.9 Å². The SMILES string of the molecule is COc1ccc(Br)cc1CNC(C1CC1)C1CC1. The molecule has 18 heavy (non-hydrogen) atoms. The van der Waals surface area contributed by atoms with E-state index in [1.165, 1.54) is 31.2 Å². The van der Waals surface area contributed by atoms with Gasteiger partial charge in [0.15, 0.2) is 0 Å². The molecule has 0 aliphatic heterocycles. The van der Waals surface area contributed by atoms with Gasteiger partial charge in [0.25, 0.3) is 0 Å². The van der Waals surface area contributed by atoms with Gasteiger partial charge in [-0.25, -0.2) is 0 Å². The van der Waals surface area contributed by atoms with Gasteiger partial charge in [0.1, 0.15) is 5.75 Å². The van der Waals surface area contributed by atoms with Crippen LogP contribution in [0.3, 0.4) is 0 Å². The Hall–Kier alpha value is -0.540. The first-order chi connectivity index (χ1) is 8.78. The summed E-state index contributed by atoms with van der Waals surface area (Å²) in [6, 6.07) is 6.96. The van der Waals surface area contributed by atoms with Crippen LogP contribution in [0.15, 0.2) is 22.7 Å². The summed E-state index contributed by atoms with van der Waals surface area (Å²) >= 11 is 3.53. The minimum absolute atomic E-state index is 0.744. The van der Waals surface area contributed by atoms with Crippen LogP contribution in [0.5, 0.6) is 5.75 Å². The van der Waals surface area contributed by atoms with Gasteiger partial charge in [0.2, 0.25) is 0 Å². The third kappa shape index (κ3) is 2.89. The van der Waals surface area contributed by atoms with Crippen molar-refractivity contribution in [2.45, 2.75) is 38.3 Å². The van der Waals surface area contributed by atoms with Gasteiger partial charge in [-0.3, -0.25) is 0 Å². The largest absolute Gasteiger partial charge is 0.496 e. The highest BCUT2D eigenvalue weighted by molar-refractivity contribution is 9.10. The summed E-state index contributed by atoms with van der Waals surface area (Å²) in [6.07, 6.45) is 5.68. The number of halogens is 1. The Morgan fingerprint density at radius 2 is 1.94 bits per heavy atom. The first kappa shape index (κ1) is 12.5. The molecule has 0 saturated heterocycles. The summed E-state index contributed by atoms with van der Waals surface area (Å²) in [6.45, 7) is 0.917. The average molecular weight is 310 g/mol. The van der Waals surface area contributed by atoms with Crippen molar-refractivity contribution in [2.24, 2.45) is 11.8 Å². The van der Waals surface area contributed by atoms with Crippen molar-refractivity contribution in [2.75, 3.05) is 7.11 Å². The van der Waals surface area contributed by atoms with Gasteiger partial charge in [-0.2, -0.15) is 0 Å². The Bertz CT molecular complexity index is 415. The van der Waals surface area contributed by atoms with E-state index in [1.54, 1.807) is 7.11 Å². The highest BCUT2D eigenvalue weighted by Crippen LogP contribution is 2.44. The number of ether oxygens (including phenoxy) is 1. The van der Waals surface area contributed by atoms with Crippen molar-refractivity contribution in [3.8, 4) is 5.75 Å². The maximum atomic E-state index is 5.42. The molecule has 3 rings (SSSR count). The lowest BCUT2D eigenvalue weighted by Gasteiger charge is -2.18. The summed E-state index contributed by atoms with van der Waals surface area (Å²) in [5.41, 5.74) is 1.25. The van der Waals surface area contributed by atoms with E-state index in [9.17, 15) is 0 Å². The number of hydrogen-bond donors (Lipinski definition) is 1. The first-order valence-corrected chi connectivity index (χ1v) is 7.63. The van der Waals surface area contributed by atoms with Gasteiger partial charge >= 0.3 is 0 Å². The van der Waals surface area contributed by atoms with E-state index in [0.717, 1.165) is 34.6 Å². The Kier molecular flexibility index (Phi) is 3.62. The van der Waals surface area contributed by atoms with E-state index in [0.29, 0.717) is 0 Å². The zero-order valence-corrected chi connectivity index (χ0v) is 12.4. The Morgan fingerprint density at radius 3 is 2.50 bits per heavy atom. The van der Waals surface area contributed by atoms with Gasteiger partial charge in [-0.15, -0.1) is 0 Å². The van der Waals surface area contributed by atoms with E-state index < -0.39 is 0 Å². The zero-order chi connectivity index (χ0) is 12.5. The molecule has 2 aliphatic carbocycles. The second-order valence-electron chi connectivity index (χ2n) is 5.54. The maximum absolute atomic E-state index is 5.42. The van der Waals surface area contributed by atoms with E-state index in [1.807, 2.05) is 12.1 Å². The number of benzene rings is 1. The lowest BCUT2D eigenvalue weighted by Crippen LogP contribution is -2.32. The summed E-state index contributed by atoms with van der Waals surface area (Å²) in [4.78, 5) is 0. The zero-order valence-electron chi connectivity index (χ0n) is 10.8.